The van der Waals surface area contributed by atoms with Gasteiger partial charge in [-0.1, -0.05) is 66.4 Å². The number of thiophene rings is 1. The van der Waals surface area contributed by atoms with E-state index >= 15 is 0 Å². The predicted molar refractivity (Wildman–Crippen MR) is 131 cm³/mol. The summed E-state index contributed by atoms with van der Waals surface area (Å²) < 4.78 is 0. The molecule has 1 fully saturated rings. The van der Waals surface area contributed by atoms with E-state index in [0.717, 1.165) is 20.8 Å². The van der Waals surface area contributed by atoms with E-state index in [2.05, 4.69) is 20.7 Å². The van der Waals surface area contributed by atoms with Crippen molar-refractivity contribution in [2.75, 3.05) is 5.75 Å². The van der Waals surface area contributed by atoms with E-state index in [4.69, 9.17) is 0 Å². The number of aromatic nitrogens is 2. The van der Waals surface area contributed by atoms with Gasteiger partial charge in [0.05, 0.1) is 16.1 Å². The second-order valence-electron chi connectivity index (χ2n) is 7.73. The highest BCUT2D eigenvalue weighted by Gasteiger charge is 2.49. The summed E-state index contributed by atoms with van der Waals surface area (Å²) in [6, 6.07) is 19.7. The first-order valence-corrected chi connectivity index (χ1v) is 12.3. The molecule has 8 nitrogen and oxygen atoms in total. The number of hydrogen-bond acceptors (Lipinski definition) is 7. The summed E-state index contributed by atoms with van der Waals surface area (Å²) in [4.78, 5) is 48.4. The van der Waals surface area contributed by atoms with Crippen molar-refractivity contribution < 1.29 is 14.4 Å². The number of rotatable bonds is 6. The minimum absolute atomic E-state index is 0.0377. The van der Waals surface area contributed by atoms with Gasteiger partial charge in [0.2, 0.25) is 5.91 Å². The van der Waals surface area contributed by atoms with Gasteiger partial charge in [-0.3, -0.25) is 15.0 Å². The minimum Gasteiger partial charge on any atom is -0.318 e. The molecule has 34 heavy (non-hydrogen) atoms. The fourth-order valence-corrected chi connectivity index (χ4v) is 5.14. The molecule has 4 aromatic rings. The van der Waals surface area contributed by atoms with Crippen molar-refractivity contribution in [2.45, 2.75) is 17.5 Å². The van der Waals surface area contributed by atoms with Crippen LogP contribution in [-0.2, 0) is 15.1 Å². The quantitative estimate of drug-likeness (QED) is 0.241. The van der Waals surface area contributed by atoms with Crippen molar-refractivity contribution in [1.29, 1.82) is 0 Å². The van der Waals surface area contributed by atoms with E-state index in [0.29, 0.717) is 16.4 Å². The second kappa shape index (κ2) is 8.88. The fraction of sp³-hybridized carbons (Fsp3) is 0.125. The highest BCUT2D eigenvalue weighted by molar-refractivity contribution is 8.00. The van der Waals surface area contributed by atoms with Gasteiger partial charge in [0, 0.05) is 5.39 Å². The maximum atomic E-state index is 13.0. The van der Waals surface area contributed by atoms with Gasteiger partial charge in [0.25, 0.3) is 5.91 Å². The van der Waals surface area contributed by atoms with Crippen LogP contribution in [0.3, 0.4) is 0 Å². The number of urea groups is 1. The van der Waals surface area contributed by atoms with Crippen molar-refractivity contribution in [2.24, 2.45) is 0 Å². The molecule has 0 unspecified atom stereocenters. The van der Waals surface area contributed by atoms with Crippen molar-refractivity contribution in [1.82, 2.24) is 25.7 Å². The van der Waals surface area contributed by atoms with Gasteiger partial charge < -0.3 is 5.32 Å². The number of carbonyl (C=O) groups is 3. The molecule has 0 bridgehead atoms. The van der Waals surface area contributed by atoms with Crippen LogP contribution in [0.4, 0.5) is 4.79 Å². The first-order valence-electron chi connectivity index (χ1n) is 10.4. The normalized spacial score (nSPS) is 17.7. The number of benzene rings is 2. The van der Waals surface area contributed by atoms with Crippen molar-refractivity contribution in [3.05, 3.63) is 77.7 Å². The molecule has 1 saturated heterocycles. The number of fused-ring (bicyclic) bond motifs is 1. The maximum Gasteiger partial charge on any atom is 0.344 e. The molecule has 1 atom stereocenters. The van der Waals surface area contributed by atoms with E-state index in [-0.39, 0.29) is 5.75 Å². The number of amides is 4. The van der Waals surface area contributed by atoms with Crippen LogP contribution in [0.5, 0.6) is 0 Å². The lowest BCUT2D eigenvalue weighted by Crippen LogP contribution is -2.48. The summed E-state index contributed by atoms with van der Waals surface area (Å²) in [6.45, 7) is 1.61. The molecule has 0 saturated carbocycles. The van der Waals surface area contributed by atoms with Gasteiger partial charge in [0.15, 0.2) is 5.82 Å². The van der Waals surface area contributed by atoms with Gasteiger partial charge in [-0.15, -0.1) is 11.3 Å². The highest BCUT2D eigenvalue weighted by atomic mass is 32.2. The van der Waals surface area contributed by atoms with E-state index in [9.17, 15) is 14.4 Å². The van der Waals surface area contributed by atoms with Crippen LogP contribution in [0.15, 0.2) is 77.1 Å². The molecule has 1 aliphatic heterocycles. The first-order chi connectivity index (χ1) is 16.5. The van der Waals surface area contributed by atoms with Crippen LogP contribution in [-0.4, -0.2) is 38.6 Å². The zero-order chi connectivity index (χ0) is 23.7. The Morgan fingerprint density at radius 1 is 1.06 bits per heavy atom. The number of hydrogen-bond donors (Lipinski definition) is 2. The van der Waals surface area contributed by atoms with Gasteiger partial charge in [0.1, 0.15) is 10.6 Å². The molecule has 2 N–H and O–H groups in total. The van der Waals surface area contributed by atoms with E-state index in [1.807, 2.05) is 47.8 Å². The number of nitrogens with zero attached hydrogens (tertiary/aromatic N) is 3. The van der Waals surface area contributed by atoms with Crippen molar-refractivity contribution in [3.63, 3.8) is 0 Å². The Hall–Kier alpha value is -3.76. The van der Waals surface area contributed by atoms with Crippen molar-refractivity contribution >= 4 is 51.8 Å². The van der Waals surface area contributed by atoms with Gasteiger partial charge in [-0.25, -0.2) is 14.8 Å². The van der Waals surface area contributed by atoms with Crippen LogP contribution in [0.2, 0.25) is 0 Å². The average Bonchev–Trinajstić information content (AvgIpc) is 3.47. The Kier molecular flexibility index (Phi) is 5.76. The van der Waals surface area contributed by atoms with Crippen LogP contribution in [0.1, 0.15) is 12.5 Å². The predicted octanol–water partition coefficient (Wildman–Crippen LogP) is 3.95. The molecule has 1 aliphatic rings. The number of thioether (sulfide) groups is 1. The zero-order valence-corrected chi connectivity index (χ0v) is 19.7. The summed E-state index contributed by atoms with van der Waals surface area (Å²) in [5, 5.41) is 6.84. The lowest BCUT2D eigenvalue weighted by molar-refractivity contribution is -0.138. The Morgan fingerprint density at radius 3 is 2.59 bits per heavy atom. The Bertz CT molecular complexity index is 1390. The molecule has 170 valence electrons. The topological polar surface area (TPSA) is 104 Å². The molecule has 0 radical (unpaired) electrons. The lowest BCUT2D eigenvalue weighted by Gasteiger charge is -2.22. The van der Waals surface area contributed by atoms with Crippen LogP contribution in [0, 0.1) is 0 Å². The fourth-order valence-electron chi connectivity index (χ4n) is 3.67. The highest BCUT2D eigenvalue weighted by Crippen LogP contribution is 2.31. The Labute approximate surface area is 203 Å². The van der Waals surface area contributed by atoms with E-state index in [1.165, 1.54) is 23.1 Å². The van der Waals surface area contributed by atoms with Gasteiger partial charge >= 0.3 is 6.03 Å². The number of para-hydroxylation sites is 1. The number of imide groups is 1. The molecule has 2 aromatic heterocycles. The number of carbonyl (C=O) groups excluding carboxylic acids is 3. The molecule has 10 heteroatoms. The Balaban J connectivity index is 1.32. The summed E-state index contributed by atoms with van der Waals surface area (Å²) in [7, 11) is 0. The summed E-state index contributed by atoms with van der Waals surface area (Å²) in [5.74, 6) is -0.491. The number of hydrazine groups is 1. The standard InChI is InChI=1S/C24H19N5O3S2/c1-24(15-8-3-2-4-9-15)22(31)29(23(32)27-24)28-19(30)14-34-21-16-10-5-6-11-17(16)25-20(26-21)18-12-7-13-33-18/h2-13H,14H2,1H3,(H,27,32)(H,28,30)/t24-/m0/s1. The van der Waals surface area contributed by atoms with Gasteiger partial charge in [-0.2, -0.15) is 5.01 Å². The molecular formula is C24H19N5O3S2. The summed E-state index contributed by atoms with van der Waals surface area (Å²) in [6.07, 6.45) is 0. The third kappa shape index (κ3) is 4.02. The summed E-state index contributed by atoms with van der Waals surface area (Å²) in [5.41, 5.74) is 2.59. The van der Waals surface area contributed by atoms with E-state index in [1.54, 1.807) is 31.2 Å². The SMILES string of the molecule is C[C@@]1(c2ccccc2)NC(=O)N(NC(=O)CSc2nc(-c3cccs3)nc3ccccc23)C1=O. The van der Waals surface area contributed by atoms with Crippen LogP contribution >= 0.6 is 23.1 Å². The molecule has 0 aliphatic carbocycles. The minimum atomic E-state index is -1.25. The third-order valence-corrected chi connectivity index (χ3v) is 7.29. The monoisotopic (exact) mass is 489 g/mol. The summed E-state index contributed by atoms with van der Waals surface area (Å²) >= 11 is 2.76. The third-order valence-electron chi connectivity index (χ3n) is 5.43. The number of nitrogens with one attached hydrogen (secondary N) is 2. The first kappa shape index (κ1) is 22.1. The molecule has 5 rings (SSSR count). The second-order valence-corrected chi connectivity index (χ2v) is 9.64. The zero-order valence-electron chi connectivity index (χ0n) is 18.0. The average molecular weight is 490 g/mol. The van der Waals surface area contributed by atoms with Crippen LogP contribution < -0.4 is 10.7 Å². The largest absolute Gasteiger partial charge is 0.344 e. The van der Waals surface area contributed by atoms with Crippen molar-refractivity contribution in [3.8, 4) is 10.7 Å². The molecule has 3 heterocycles. The van der Waals surface area contributed by atoms with E-state index < -0.39 is 23.4 Å². The smallest absolute Gasteiger partial charge is 0.318 e. The Morgan fingerprint density at radius 2 is 1.82 bits per heavy atom. The maximum absolute atomic E-state index is 13.0. The van der Waals surface area contributed by atoms with Crippen LogP contribution in [0.25, 0.3) is 21.6 Å². The molecule has 4 amide bonds. The molecule has 0 spiro atoms. The lowest BCUT2D eigenvalue weighted by atomic mass is 9.92. The van der Waals surface area contributed by atoms with Gasteiger partial charge in [-0.05, 0) is 30.0 Å². The molecule has 2 aromatic carbocycles. The molecular weight excluding hydrogens is 470 g/mol.